The molecule has 0 atom stereocenters. The van der Waals surface area contributed by atoms with Crippen molar-refractivity contribution in [2.24, 2.45) is 0 Å². The number of benzene rings is 2. The molecule has 2 aromatic carbocycles. The Labute approximate surface area is 171 Å². The largest absolute Gasteiger partial charge is 0.416 e. The predicted molar refractivity (Wildman–Crippen MR) is 96.3 cm³/mol. The number of aromatic nitrogens is 2. The molecule has 2 N–H and O–H groups in total. The molecule has 0 radical (unpaired) electrons. The number of rotatable bonds is 4. The van der Waals surface area contributed by atoms with E-state index >= 15 is 0 Å². The molecule has 1 aromatic heterocycles. The van der Waals surface area contributed by atoms with Crippen LogP contribution >= 0.6 is 0 Å². The van der Waals surface area contributed by atoms with E-state index in [0.717, 1.165) is 0 Å². The van der Waals surface area contributed by atoms with Crippen LogP contribution in [-0.4, -0.2) is 16.1 Å². The number of carbonyl (C=O) groups is 1. The fourth-order valence-corrected chi connectivity index (χ4v) is 2.85. The molecule has 0 aliphatic rings. The fraction of sp³-hybridized carbons (Fsp3) is 0.200. The lowest BCUT2D eigenvalue weighted by molar-refractivity contribution is -0.143. The van der Waals surface area contributed by atoms with E-state index in [1.54, 1.807) is 6.92 Å². The van der Waals surface area contributed by atoms with Gasteiger partial charge < -0.3 is 5.32 Å². The van der Waals surface area contributed by atoms with Gasteiger partial charge in [-0.05, 0) is 54.4 Å². The van der Waals surface area contributed by atoms with Crippen LogP contribution < -0.4 is 5.32 Å². The highest BCUT2D eigenvalue weighted by molar-refractivity contribution is 5.93. The van der Waals surface area contributed by atoms with Gasteiger partial charge in [0.1, 0.15) is 11.5 Å². The molecule has 4 nitrogen and oxygen atoms in total. The number of nitrogens with one attached hydrogen (secondary N) is 2. The van der Waals surface area contributed by atoms with Crippen LogP contribution in [0.15, 0.2) is 42.5 Å². The molecular formula is C20H14F7N3O. The summed E-state index contributed by atoms with van der Waals surface area (Å²) in [4.78, 5) is 12.3. The third kappa shape index (κ3) is 5.22. The quantitative estimate of drug-likeness (QED) is 0.522. The molecule has 0 aliphatic carbocycles. The van der Waals surface area contributed by atoms with E-state index in [4.69, 9.17) is 0 Å². The SMILES string of the molecule is Cc1ccc(F)cc1-c1cc(C(=O)NCc2cc(C(F)(F)F)cc(C(F)(F)F)c2)[nH]n1. The number of H-pyrrole nitrogens is 1. The summed E-state index contributed by atoms with van der Waals surface area (Å²) in [5.41, 5.74) is -2.07. The van der Waals surface area contributed by atoms with Gasteiger partial charge in [-0.15, -0.1) is 0 Å². The maximum Gasteiger partial charge on any atom is 0.416 e. The van der Waals surface area contributed by atoms with Crippen LogP contribution in [0.3, 0.4) is 0 Å². The van der Waals surface area contributed by atoms with Gasteiger partial charge in [-0.3, -0.25) is 9.89 Å². The summed E-state index contributed by atoms with van der Waals surface area (Å²) >= 11 is 0. The number of hydrogen-bond donors (Lipinski definition) is 2. The highest BCUT2D eigenvalue weighted by Gasteiger charge is 2.36. The van der Waals surface area contributed by atoms with Crippen LogP contribution in [0, 0.1) is 12.7 Å². The zero-order valence-corrected chi connectivity index (χ0v) is 15.7. The minimum absolute atomic E-state index is 0.00775. The monoisotopic (exact) mass is 445 g/mol. The first kappa shape index (κ1) is 22.3. The van der Waals surface area contributed by atoms with Crippen molar-refractivity contribution in [3.05, 3.63) is 76.2 Å². The number of aryl methyl sites for hydroxylation is 1. The second kappa shape index (κ2) is 8.05. The van der Waals surface area contributed by atoms with Gasteiger partial charge in [0.25, 0.3) is 5.91 Å². The molecule has 1 heterocycles. The van der Waals surface area contributed by atoms with Gasteiger partial charge in [0.15, 0.2) is 0 Å². The van der Waals surface area contributed by atoms with E-state index in [2.05, 4.69) is 15.5 Å². The van der Waals surface area contributed by atoms with Crippen molar-refractivity contribution in [2.75, 3.05) is 0 Å². The van der Waals surface area contributed by atoms with E-state index < -0.39 is 41.7 Å². The summed E-state index contributed by atoms with van der Waals surface area (Å²) in [7, 11) is 0. The average Bonchev–Trinajstić information content (AvgIpc) is 3.16. The minimum Gasteiger partial charge on any atom is -0.347 e. The third-order valence-electron chi connectivity index (χ3n) is 4.40. The first-order valence-electron chi connectivity index (χ1n) is 8.73. The van der Waals surface area contributed by atoms with Crippen LogP contribution in [0.4, 0.5) is 30.7 Å². The van der Waals surface area contributed by atoms with Crippen molar-refractivity contribution in [3.63, 3.8) is 0 Å². The number of halogens is 7. The van der Waals surface area contributed by atoms with Crippen LogP contribution in [0.2, 0.25) is 0 Å². The summed E-state index contributed by atoms with van der Waals surface area (Å²) in [6.07, 6.45) is -9.97. The normalized spacial score (nSPS) is 12.1. The van der Waals surface area contributed by atoms with Crippen molar-refractivity contribution in [1.29, 1.82) is 0 Å². The Balaban J connectivity index is 1.80. The maximum absolute atomic E-state index is 13.5. The minimum atomic E-state index is -4.99. The Morgan fingerprint density at radius 2 is 1.58 bits per heavy atom. The van der Waals surface area contributed by atoms with Gasteiger partial charge in [-0.25, -0.2) is 4.39 Å². The summed E-state index contributed by atoms with van der Waals surface area (Å²) < 4.78 is 91.0. The van der Waals surface area contributed by atoms with Crippen LogP contribution in [0.5, 0.6) is 0 Å². The van der Waals surface area contributed by atoms with Crippen molar-refractivity contribution < 1.29 is 35.5 Å². The predicted octanol–water partition coefficient (Wildman–Crippen LogP) is 5.49. The lowest BCUT2D eigenvalue weighted by Gasteiger charge is -2.14. The number of hydrogen-bond acceptors (Lipinski definition) is 2. The topological polar surface area (TPSA) is 57.8 Å². The Kier molecular flexibility index (Phi) is 5.79. The van der Waals surface area contributed by atoms with Crippen LogP contribution in [-0.2, 0) is 18.9 Å². The molecule has 0 fully saturated rings. The number of carbonyl (C=O) groups excluding carboxylic acids is 1. The third-order valence-corrected chi connectivity index (χ3v) is 4.40. The molecule has 1 amide bonds. The molecule has 0 spiro atoms. The molecule has 0 saturated carbocycles. The molecule has 0 saturated heterocycles. The van der Waals surface area contributed by atoms with E-state index in [1.165, 1.54) is 24.3 Å². The smallest absolute Gasteiger partial charge is 0.347 e. The van der Waals surface area contributed by atoms with Crippen LogP contribution in [0.1, 0.15) is 32.7 Å². The molecule has 11 heteroatoms. The molecule has 0 unspecified atom stereocenters. The summed E-state index contributed by atoms with van der Waals surface area (Å²) in [6.45, 7) is 1.12. The Bertz CT molecular complexity index is 1080. The lowest BCUT2D eigenvalue weighted by Crippen LogP contribution is -2.24. The highest BCUT2D eigenvalue weighted by Crippen LogP contribution is 2.36. The van der Waals surface area contributed by atoms with Crippen molar-refractivity contribution in [2.45, 2.75) is 25.8 Å². The molecule has 3 aromatic rings. The molecule has 3 rings (SSSR count). The second-order valence-corrected chi connectivity index (χ2v) is 6.72. The number of alkyl halides is 6. The Morgan fingerprint density at radius 3 is 2.16 bits per heavy atom. The van der Waals surface area contributed by atoms with E-state index in [1.807, 2.05) is 0 Å². The zero-order chi connectivity index (χ0) is 23.0. The van der Waals surface area contributed by atoms with Crippen molar-refractivity contribution in [1.82, 2.24) is 15.5 Å². The molecule has 31 heavy (non-hydrogen) atoms. The summed E-state index contributed by atoms with van der Waals surface area (Å²) in [5.74, 6) is -1.32. The van der Waals surface area contributed by atoms with E-state index in [-0.39, 0.29) is 23.0 Å². The van der Waals surface area contributed by atoms with Gasteiger partial charge in [0.2, 0.25) is 0 Å². The molecule has 0 aliphatic heterocycles. The maximum atomic E-state index is 13.5. The molecule has 164 valence electrons. The highest BCUT2D eigenvalue weighted by atomic mass is 19.4. The van der Waals surface area contributed by atoms with E-state index in [0.29, 0.717) is 23.3 Å². The standard InChI is InChI=1S/C20H14F7N3O/c1-10-2-3-14(21)7-15(10)16-8-17(30-29-16)18(31)28-9-11-4-12(19(22,23)24)6-13(5-11)20(25,26)27/h2-8H,9H2,1H3,(H,28,31)(H,29,30). The van der Waals surface area contributed by atoms with Crippen LogP contribution in [0.25, 0.3) is 11.3 Å². The van der Waals surface area contributed by atoms with Gasteiger partial charge >= 0.3 is 12.4 Å². The van der Waals surface area contributed by atoms with Gasteiger partial charge in [-0.2, -0.15) is 31.4 Å². The molecule has 0 bridgehead atoms. The van der Waals surface area contributed by atoms with Gasteiger partial charge in [0, 0.05) is 12.1 Å². The number of nitrogens with zero attached hydrogens (tertiary/aromatic N) is 1. The fourth-order valence-electron chi connectivity index (χ4n) is 2.85. The number of amides is 1. The van der Waals surface area contributed by atoms with Crippen molar-refractivity contribution >= 4 is 5.91 Å². The second-order valence-electron chi connectivity index (χ2n) is 6.72. The first-order chi connectivity index (χ1) is 14.3. The Hall–Kier alpha value is -3.37. The first-order valence-corrected chi connectivity index (χ1v) is 8.73. The van der Waals surface area contributed by atoms with Gasteiger partial charge in [0.05, 0.1) is 16.8 Å². The number of aromatic amines is 1. The average molecular weight is 445 g/mol. The van der Waals surface area contributed by atoms with E-state index in [9.17, 15) is 35.5 Å². The van der Waals surface area contributed by atoms with Gasteiger partial charge in [-0.1, -0.05) is 6.07 Å². The Morgan fingerprint density at radius 1 is 0.968 bits per heavy atom. The van der Waals surface area contributed by atoms with Crippen molar-refractivity contribution in [3.8, 4) is 11.3 Å². The zero-order valence-electron chi connectivity index (χ0n) is 15.7. The molecular weight excluding hydrogens is 431 g/mol. The summed E-state index contributed by atoms with van der Waals surface area (Å²) in [6, 6.07) is 6.36. The lowest BCUT2D eigenvalue weighted by atomic mass is 10.0. The summed E-state index contributed by atoms with van der Waals surface area (Å²) in [5, 5.41) is 8.57.